The molecule has 0 bridgehead atoms. The zero-order valence-electron chi connectivity index (χ0n) is 5.97. The zero-order chi connectivity index (χ0) is 5.70. The van der Waals surface area contributed by atoms with Crippen LogP contribution in [0, 0.1) is 0 Å². The molecule has 0 aromatic rings. The van der Waals surface area contributed by atoms with Crippen LogP contribution in [0.15, 0.2) is 0 Å². The van der Waals surface area contributed by atoms with E-state index < -0.39 is 0 Å². The van der Waals surface area contributed by atoms with Crippen LogP contribution < -0.4 is 0 Å². The first-order chi connectivity index (χ1) is 3.35. The Hall–Kier alpha value is 0.840. The Labute approximate surface area is 67.4 Å². The summed E-state index contributed by atoms with van der Waals surface area (Å²) in [6, 6.07) is 4.37. The summed E-state index contributed by atoms with van der Waals surface area (Å²) >= 11 is 0. The Balaban J connectivity index is 0. The minimum Gasteiger partial charge on any atom is -0.0680 e. The maximum atomic E-state index is 2.31. The van der Waals surface area contributed by atoms with Crippen LogP contribution >= 0.6 is 0 Å². The second kappa shape index (κ2) is 7.84. The summed E-state index contributed by atoms with van der Waals surface area (Å²) in [4.78, 5) is 0. The van der Waals surface area contributed by atoms with Crippen molar-refractivity contribution in [2.45, 2.75) is 38.9 Å². The second-order valence-corrected chi connectivity index (χ2v) is 5.43. The van der Waals surface area contributed by atoms with Crippen LogP contribution in [0.2, 0.25) is 18.1 Å². The minimum absolute atomic E-state index is 0. The van der Waals surface area contributed by atoms with Crippen LogP contribution in [0.5, 0.6) is 0 Å². The van der Waals surface area contributed by atoms with Crippen LogP contribution in [-0.4, -0.2) is 8.80 Å². The molecule has 1 radical (unpaired) electrons. The predicted molar refractivity (Wildman–Crippen MR) is 37.2 cm³/mol. The molecule has 0 aliphatic rings. The van der Waals surface area contributed by atoms with Gasteiger partial charge in [-0.25, -0.2) is 0 Å². The Kier molecular flexibility index (Phi) is 11.4. The molecule has 2 heteroatoms. The van der Waals surface area contributed by atoms with Gasteiger partial charge in [0.1, 0.15) is 0 Å². The van der Waals surface area contributed by atoms with Crippen LogP contribution in [0.25, 0.3) is 0 Å². The molecule has 0 N–H and O–H groups in total. The van der Waals surface area contributed by atoms with Crippen LogP contribution in [0.1, 0.15) is 20.8 Å². The van der Waals surface area contributed by atoms with Crippen molar-refractivity contribution in [2.75, 3.05) is 0 Å². The van der Waals surface area contributed by atoms with E-state index in [1.54, 1.807) is 0 Å². The van der Waals surface area contributed by atoms with Crippen molar-refractivity contribution < 1.29 is 19.5 Å². The molecule has 0 aromatic heterocycles. The summed E-state index contributed by atoms with van der Waals surface area (Å²) in [7, 11) is 0.137. The maximum Gasteiger partial charge on any atom is 0.0470 e. The van der Waals surface area contributed by atoms with Crippen LogP contribution in [-0.2, 0) is 19.5 Å². The van der Waals surface area contributed by atoms with Gasteiger partial charge in [0.15, 0.2) is 0 Å². The molecule has 8 heavy (non-hydrogen) atoms. The Morgan fingerprint density at radius 3 is 1.12 bits per heavy atom. The van der Waals surface area contributed by atoms with Gasteiger partial charge in [-0.3, -0.25) is 0 Å². The van der Waals surface area contributed by atoms with Gasteiger partial charge in [0.25, 0.3) is 0 Å². The van der Waals surface area contributed by atoms with E-state index in [-0.39, 0.29) is 28.3 Å². The van der Waals surface area contributed by atoms with Crippen LogP contribution in [0.4, 0.5) is 0 Å². The molecule has 0 heterocycles. The largest absolute Gasteiger partial charge is 0.0680 e. The smallest absolute Gasteiger partial charge is 0.0470 e. The molecule has 0 unspecified atom stereocenters. The summed E-state index contributed by atoms with van der Waals surface area (Å²) in [6.45, 7) is 6.92. The summed E-state index contributed by atoms with van der Waals surface area (Å²) in [5.74, 6) is 0. The van der Waals surface area contributed by atoms with Crippen molar-refractivity contribution >= 4 is 8.80 Å². The molecule has 0 saturated heterocycles. The molecule has 0 spiro atoms. The molecular formula is C6H15RuSi. The summed E-state index contributed by atoms with van der Waals surface area (Å²) in [5.41, 5.74) is 0. The molecule has 0 atom stereocenters. The minimum atomic E-state index is 0. The number of rotatable bonds is 3. The first-order valence-electron chi connectivity index (χ1n) is 3.18. The average Bonchev–Trinajstić information content (AvgIpc) is 1.72. The third-order valence-electron chi connectivity index (χ3n) is 1.50. The fraction of sp³-hybridized carbons (Fsp3) is 1.00. The monoisotopic (exact) mass is 217 g/mol. The van der Waals surface area contributed by atoms with Crippen molar-refractivity contribution in [3.05, 3.63) is 0 Å². The molecule has 0 saturated carbocycles. The van der Waals surface area contributed by atoms with Crippen LogP contribution in [0.3, 0.4) is 0 Å². The Morgan fingerprint density at radius 1 is 0.875 bits per heavy atom. The fourth-order valence-electron chi connectivity index (χ4n) is 0.750. The van der Waals surface area contributed by atoms with E-state index in [2.05, 4.69) is 20.8 Å². The van der Waals surface area contributed by atoms with Crippen molar-refractivity contribution in [3.8, 4) is 0 Å². The Bertz CT molecular complexity index is 30.0. The third kappa shape index (κ3) is 4.99. The molecular weight excluding hydrogens is 201 g/mol. The SMILES string of the molecule is CC[Si](CC)CC.[Ru]. The van der Waals surface area contributed by atoms with Gasteiger partial charge in [-0.1, -0.05) is 38.9 Å². The molecule has 0 aliphatic heterocycles. The van der Waals surface area contributed by atoms with Gasteiger partial charge in [0.05, 0.1) is 0 Å². The Morgan fingerprint density at radius 2 is 1.12 bits per heavy atom. The maximum absolute atomic E-state index is 2.31. The van der Waals surface area contributed by atoms with Gasteiger partial charge in [0, 0.05) is 28.3 Å². The van der Waals surface area contributed by atoms with E-state index in [0.717, 1.165) is 0 Å². The molecule has 0 aliphatic carbocycles. The molecule has 51 valence electrons. The van der Waals surface area contributed by atoms with E-state index >= 15 is 0 Å². The number of hydrogen-bond acceptors (Lipinski definition) is 0. The van der Waals surface area contributed by atoms with E-state index in [1.807, 2.05) is 0 Å². The molecule has 0 aromatic carbocycles. The third-order valence-corrected chi connectivity index (χ3v) is 4.50. The van der Waals surface area contributed by atoms with Gasteiger partial charge < -0.3 is 0 Å². The van der Waals surface area contributed by atoms with E-state index in [4.69, 9.17) is 0 Å². The van der Waals surface area contributed by atoms with Crippen molar-refractivity contribution in [1.82, 2.24) is 0 Å². The molecule has 0 fully saturated rings. The normalized spacial score (nSPS) is 9.00. The summed E-state index contributed by atoms with van der Waals surface area (Å²) in [6.07, 6.45) is 0. The van der Waals surface area contributed by atoms with Crippen molar-refractivity contribution in [2.24, 2.45) is 0 Å². The first-order valence-corrected chi connectivity index (χ1v) is 5.30. The van der Waals surface area contributed by atoms with Gasteiger partial charge in [-0.05, 0) is 0 Å². The van der Waals surface area contributed by atoms with Gasteiger partial charge in [-0.15, -0.1) is 0 Å². The topological polar surface area (TPSA) is 0 Å². The van der Waals surface area contributed by atoms with E-state index in [0.29, 0.717) is 0 Å². The summed E-state index contributed by atoms with van der Waals surface area (Å²) in [5, 5.41) is 0. The summed E-state index contributed by atoms with van der Waals surface area (Å²) < 4.78 is 0. The van der Waals surface area contributed by atoms with Gasteiger partial charge in [-0.2, -0.15) is 0 Å². The fourth-order valence-corrected chi connectivity index (χ4v) is 2.25. The predicted octanol–water partition coefficient (Wildman–Crippen LogP) is 2.54. The number of hydrogen-bond donors (Lipinski definition) is 0. The molecule has 0 nitrogen and oxygen atoms in total. The van der Waals surface area contributed by atoms with Gasteiger partial charge >= 0.3 is 0 Å². The zero-order valence-corrected chi connectivity index (χ0v) is 8.71. The molecule has 0 amide bonds. The van der Waals surface area contributed by atoms with E-state index in [9.17, 15) is 0 Å². The van der Waals surface area contributed by atoms with Gasteiger partial charge in [0.2, 0.25) is 0 Å². The standard InChI is InChI=1S/C6H15Si.Ru/c1-4-7(5-2)6-3;/h4-6H2,1-3H3;. The van der Waals surface area contributed by atoms with Crippen molar-refractivity contribution in [1.29, 1.82) is 0 Å². The average molecular weight is 216 g/mol. The van der Waals surface area contributed by atoms with E-state index in [1.165, 1.54) is 18.1 Å². The van der Waals surface area contributed by atoms with Crippen molar-refractivity contribution in [3.63, 3.8) is 0 Å². The quantitative estimate of drug-likeness (QED) is 0.636. The second-order valence-electron chi connectivity index (χ2n) is 1.81. The first kappa shape index (κ1) is 11.6. The molecule has 0 rings (SSSR count).